The number of nitrogens with zero attached hydrogens (tertiary/aromatic N) is 3. The molecule has 1 aromatic carbocycles. The fourth-order valence-electron chi connectivity index (χ4n) is 2.78. The summed E-state index contributed by atoms with van der Waals surface area (Å²) < 4.78 is 53.3. The monoisotopic (exact) mass is 393 g/mol. The van der Waals surface area contributed by atoms with Crippen molar-refractivity contribution in [3.63, 3.8) is 0 Å². The van der Waals surface area contributed by atoms with Crippen LogP contribution in [-0.4, -0.2) is 20.7 Å². The number of nitrogen functional groups attached to an aromatic ring is 1. The zero-order chi connectivity index (χ0) is 20.6. The smallest absolute Gasteiger partial charge is 0.383 e. The first-order valence-corrected chi connectivity index (χ1v) is 8.07. The number of alkyl halides is 3. The van der Waals surface area contributed by atoms with Gasteiger partial charge >= 0.3 is 6.18 Å². The first-order chi connectivity index (χ1) is 13.1. The van der Waals surface area contributed by atoms with E-state index in [2.05, 4.69) is 10.1 Å². The molecule has 0 aliphatic rings. The number of para-hydroxylation sites is 1. The predicted octanol–water partition coefficient (Wildman–Crippen LogP) is 3.26. The molecule has 0 saturated heterocycles. The molecule has 2 aromatic heterocycles. The predicted molar refractivity (Wildman–Crippen MR) is 93.2 cm³/mol. The highest BCUT2D eigenvalue weighted by Crippen LogP contribution is 2.32. The summed E-state index contributed by atoms with van der Waals surface area (Å²) in [5.41, 5.74) is 10.6. The standard InChI is InChI=1S/C18H15F4N5O/c1-9(12-7-6-10(8-25-12)18(20,21)22)15-14(17(24)28)16(23)27(26-15)13-5-3-2-4-11(13)19/h2-9H,23H2,1H3,(H2,24,28). The highest BCUT2D eigenvalue weighted by molar-refractivity contribution is 5.99. The van der Waals surface area contributed by atoms with Crippen LogP contribution in [0.15, 0.2) is 42.6 Å². The highest BCUT2D eigenvalue weighted by Gasteiger charge is 2.32. The maximum absolute atomic E-state index is 14.1. The van der Waals surface area contributed by atoms with E-state index in [1.165, 1.54) is 24.3 Å². The van der Waals surface area contributed by atoms with E-state index < -0.39 is 29.4 Å². The second kappa shape index (κ2) is 6.95. The molecule has 1 unspecified atom stereocenters. The largest absolute Gasteiger partial charge is 0.417 e. The number of carbonyl (C=O) groups is 1. The molecule has 0 aliphatic carbocycles. The summed E-state index contributed by atoms with van der Waals surface area (Å²) in [6.45, 7) is 1.58. The van der Waals surface area contributed by atoms with Crippen LogP contribution in [0.3, 0.4) is 0 Å². The van der Waals surface area contributed by atoms with Crippen molar-refractivity contribution in [2.75, 3.05) is 5.73 Å². The van der Waals surface area contributed by atoms with Gasteiger partial charge < -0.3 is 11.5 Å². The Morgan fingerprint density at radius 2 is 1.86 bits per heavy atom. The number of anilines is 1. The van der Waals surface area contributed by atoms with E-state index in [-0.39, 0.29) is 28.5 Å². The van der Waals surface area contributed by atoms with Gasteiger partial charge in [0.1, 0.15) is 22.9 Å². The van der Waals surface area contributed by atoms with Crippen molar-refractivity contribution >= 4 is 11.7 Å². The number of pyridine rings is 1. The number of primary amides is 1. The molecule has 1 atom stereocenters. The van der Waals surface area contributed by atoms with Crippen molar-refractivity contribution in [2.24, 2.45) is 5.73 Å². The van der Waals surface area contributed by atoms with E-state index in [9.17, 15) is 22.4 Å². The quantitative estimate of drug-likeness (QED) is 0.665. The van der Waals surface area contributed by atoms with Gasteiger partial charge in [-0.25, -0.2) is 9.07 Å². The molecule has 6 nitrogen and oxygen atoms in total. The van der Waals surface area contributed by atoms with E-state index in [0.717, 1.165) is 10.7 Å². The SMILES string of the molecule is CC(c1ccc(C(F)(F)F)cn1)c1nn(-c2ccccc2F)c(N)c1C(N)=O. The number of nitrogens with two attached hydrogens (primary N) is 2. The summed E-state index contributed by atoms with van der Waals surface area (Å²) in [7, 11) is 0. The third-order valence-corrected chi connectivity index (χ3v) is 4.24. The molecule has 4 N–H and O–H groups in total. The van der Waals surface area contributed by atoms with Crippen molar-refractivity contribution in [1.29, 1.82) is 0 Å². The van der Waals surface area contributed by atoms with Crippen LogP contribution in [0, 0.1) is 5.82 Å². The molecular formula is C18H15F4N5O. The van der Waals surface area contributed by atoms with Gasteiger partial charge in [0.15, 0.2) is 0 Å². The average molecular weight is 393 g/mol. The lowest BCUT2D eigenvalue weighted by Crippen LogP contribution is -2.16. The lowest BCUT2D eigenvalue weighted by Gasteiger charge is -2.11. The zero-order valence-electron chi connectivity index (χ0n) is 14.5. The Morgan fingerprint density at radius 1 is 1.18 bits per heavy atom. The summed E-state index contributed by atoms with van der Waals surface area (Å²) >= 11 is 0. The van der Waals surface area contributed by atoms with Crippen LogP contribution in [0.2, 0.25) is 0 Å². The molecule has 0 aliphatic heterocycles. The van der Waals surface area contributed by atoms with Crippen LogP contribution in [0.4, 0.5) is 23.4 Å². The summed E-state index contributed by atoms with van der Waals surface area (Å²) in [5.74, 6) is -2.42. The topological polar surface area (TPSA) is 99.8 Å². The molecule has 3 aromatic rings. The maximum Gasteiger partial charge on any atom is 0.417 e. The summed E-state index contributed by atoms with van der Waals surface area (Å²) in [4.78, 5) is 15.7. The van der Waals surface area contributed by atoms with Gasteiger partial charge in [0.25, 0.3) is 5.91 Å². The minimum absolute atomic E-state index is 0.00123. The number of halogens is 4. The van der Waals surface area contributed by atoms with Gasteiger partial charge in [-0.05, 0) is 24.3 Å². The number of carbonyl (C=O) groups excluding carboxylic acids is 1. The normalized spacial score (nSPS) is 12.8. The molecular weight excluding hydrogens is 378 g/mol. The molecule has 1 amide bonds. The Morgan fingerprint density at radius 3 is 2.39 bits per heavy atom. The zero-order valence-corrected chi connectivity index (χ0v) is 14.5. The number of hydrogen-bond acceptors (Lipinski definition) is 4. The second-order valence-electron chi connectivity index (χ2n) is 6.06. The highest BCUT2D eigenvalue weighted by atomic mass is 19.4. The van der Waals surface area contributed by atoms with Gasteiger partial charge in [-0.15, -0.1) is 0 Å². The van der Waals surface area contributed by atoms with Crippen LogP contribution < -0.4 is 11.5 Å². The molecule has 0 bridgehead atoms. The van der Waals surface area contributed by atoms with E-state index in [4.69, 9.17) is 11.5 Å². The molecule has 0 fully saturated rings. The molecule has 3 rings (SSSR count). The number of amides is 1. The lowest BCUT2D eigenvalue weighted by atomic mass is 9.98. The Hall–Kier alpha value is -3.43. The number of rotatable bonds is 4. The number of aromatic nitrogens is 3. The fourth-order valence-corrected chi connectivity index (χ4v) is 2.78. The first-order valence-electron chi connectivity index (χ1n) is 8.07. The van der Waals surface area contributed by atoms with Gasteiger partial charge in [0.05, 0.1) is 11.3 Å². The van der Waals surface area contributed by atoms with E-state index in [0.29, 0.717) is 6.20 Å². The van der Waals surface area contributed by atoms with Crippen LogP contribution >= 0.6 is 0 Å². The van der Waals surface area contributed by atoms with Crippen molar-refractivity contribution < 1.29 is 22.4 Å². The minimum atomic E-state index is -4.52. The Bertz CT molecular complexity index is 1030. The number of benzene rings is 1. The summed E-state index contributed by atoms with van der Waals surface area (Å²) in [6, 6.07) is 7.69. The van der Waals surface area contributed by atoms with E-state index in [1.54, 1.807) is 13.0 Å². The number of hydrogen-bond donors (Lipinski definition) is 2. The molecule has 0 spiro atoms. The lowest BCUT2D eigenvalue weighted by molar-refractivity contribution is -0.137. The Balaban J connectivity index is 2.10. The van der Waals surface area contributed by atoms with Gasteiger partial charge in [0.2, 0.25) is 0 Å². The van der Waals surface area contributed by atoms with Crippen LogP contribution in [0.5, 0.6) is 0 Å². The van der Waals surface area contributed by atoms with Crippen LogP contribution in [0.1, 0.15) is 40.2 Å². The molecule has 0 saturated carbocycles. The van der Waals surface area contributed by atoms with E-state index >= 15 is 0 Å². The van der Waals surface area contributed by atoms with Gasteiger partial charge in [-0.1, -0.05) is 19.1 Å². The average Bonchev–Trinajstić information content (AvgIpc) is 2.98. The fraction of sp³-hybridized carbons (Fsp3) is 0.167. The Labute approximate surface area is 156 Å². The van der Waals surface area contributed by atoms with Crippen molar-refractivity contribution in [2.45, 2.75) is 19.0 Å². The first kappa shape index (κ1) is 19.3. The van der Waals surface area contributed by atoms with Crippen LogP contribution in [0.25, 0.3) is 5.69 Å². The molecule has 10 heteroatoms. The van der Waals surface area contributed by atoms with Crippen molar-refractivity contribution in [1.82, 2.24) is 14.8 Å². The molecule has 0 radical (unpaired) electrons. The molecule has 28 heavy (non-hydrogen) atoms. The van der Waals surface area contributed by atoms with Crippen LogP contribution in [-0.2, 0) is 6.18 Å². The van der Waals surface area contributed by atoms with Crippen molar-refractivity contribution in [3.8, 4) is 5.69 Å². The molecule has 146 valence electrons. The maximum atomic E-state index is 14.1. The Kier molecular flexibility index (Phi) is 4.80. The third kappa shape index (κ3) is 3.40. The second-order valence-corrected chi connectivity index (χ2v) is 6.06. The molecule has 2 heterocycles. The van der Waals surface area contributed by atoms with Crippen molar-refractivity contribution in [3.05, 3.63) is 70.9 Å². The van der Waals surface area contributed by atoms with Gasteiger partial charge in [0, 0.05) is 17.8 Å². The summed E-state index contributed by atoms with van der Waals surface area (Å²) in [6.07, 6.45) is -3.84. The summed E-state index contributed by atoms with van der Waals surface area (Å²) in [5, 5.41) is 4.20. The van der Waals surface area contributed by atoms with Gasteiger partial charge in [-0.2, -0.15) is 18.3 Å². The minimum Gasteiger partial charge on any atom is -0.383 e. The third-order valence-electron chi connectivity index (χ3n) is 4.24. The van der Waals surface area contributed by atoms with E-state index in [1.807, 2.05) is 0 Å². The van der Waals surface area contributed by atoms with Gasteiger partial charge in [-0.3, -0.25) is 9.78 Å².